The van der Waals surface area contributed by atoms with Crippen molar-refractivity contribution in [1.82, 2.24) is 0 Å². The summed E-state index contributed by atoms with van der Waals surface area (Å²) in [5.74, 6) is -0.833. The average Bonchev–Trinajstić information content (AvgIpc) is 2.48. The van der Waals surface area contributed by atoms with Crippen LogP contribution in [0.4, 0.5) is 5.69 Å². The van der Waals surface area contributed by atoms with E-state index in [4.69, 9.17) is 16.3 Å². The van der Waals surface area contributed by atoms with E-state index < -0.39 is 11.6 Å². The van der Waals surface area contributed by atoms with Crippen molar-refractivity contribution in [3.05, 3.63) is 64.2 Å². The molecule has 2 aromatic carbocycles. The zero-order chi connectivity index (χ0) is 16.6. The summed E-state index contributed by atoms with van der Waals surface area (Å²) < 4.78 is 5.42. The van der Waals surface area contributed by atoms with Gasteiger partial charge < -0.3 is 10.1 Å². The topological polar surface area (TPSA) is 55.4 Å². The number of carbonyl (C=O) groups excluding carboxylic acids is 2. The number of nitrogens with one attached hydrogen (secondary N) is 1. The number of ether oxygens (including phenoxy) is 1. The molecule has 118 valence electrons. The number of rotatable bonds is 2. The highest BCUT2D eigenvalue weighted by molar-refractivity contribution is 6.30. The minimum atomic E-state index is -1.24. The standard InChI is InChI=1S/C18H16ClNO3/c1-11-3-8-15-12(9-11)10-18(2,23-16(15)21)17(22)20-14-6-4-13(19)5-7-14/h3-9H,10H2,1-2H3,(H,20,22). The Balaban J connectivity index is 1.85. The minimum Gasteiger partial charge on any atom is -0.445 e. The molecule has 0 radical (unpaired) electrons. The molecule has 2 aromatic rings. The van der Waals surface area contributed by atoms with Crippen LogP contribution in [0.25, 0.3) is 0 Å². The molecule has 23 heavy (non-hydrogen) atoms. The fourth-order valence-electron chi connectivity index (χ4n) is 2.65. The third-order valence-corrected chi connectivity index (χ3v) is 4.16. The van der Waals surface area contributed by atoms with E-state index in [-0.39, 0.29) is 5.91 Å². The van der Waals surface area contributed by atoms with Gasteiger partial charge in [0.15, 0.2) is 5.60 Å². The lowest BCUT2D eigenvalue weighted by molar-refractivity contribution is -0.134. The molecule has 0 aromatic heterocycles. The molecule has 0 bridgehead atoms. The Morgan fingerprint density at radius 3 is 2.61 bits per heavy atom. The second-order valence-electron chi connectivity index (χ2n) is 5.92. The Kier molecular flexibility index (Phi) is 3.86. The van der Waals surface area contributed by atoms with Crippen molar-refractivity contribution < 1.29 is 14.3 Å². The number of cyclic esters (lactones) is 1. The summed E-state index contributed by atoms with van der Waals surface area (Å²) in [5, 5.41) is 3.36. The molecule has 1 unspecified atom stereocenters. The van der Waals surface area contributed by atoms with Crippen LogP contribution in [0.1, 0.15) is 28.4 Å². The average molecular weight is 330 g/mol. The Morgan fingerprint density at radius 2 is 1.91 bits per heavy atom. The predicted molar refractivity (Wildman–Crippen MR) is 88.8 cm³/mol. The van der Waals surface area contributed by atoms with Crippen LogP contribution in [0.2, 0.25) is 5.02 Å². The van der Waals surface area contributed by atoms with Crippen LogP contribution in [0.5, 0.6) is 0 Å². The van der Waals surface area contributed by atoms with Crippen LogP contribution in [0.15, 0.2) is 42.5 Å². The van der Waals surface area contributed by atoms with Crippen molar-refractivity contribution in [2.24, 2.45) is 0 Å². The van der Waals surface area contributed by atoms with E-state index in [1.807, 2.05) is 19.1 Å². The van der Waals surface area contributed by atoms with Gasteiger partial charge in [0.05, 0.1) is 5.56 Å². The van der Waals surface area contributed by atoms with Gasteiger partial charge in [-0.15, -0.1) is 0 Å². The summed E-state index contributed by atoms with van der Waals surface area (Å²) >= 11 is 5.83. The minimum absolute atomic E-state index is 0.342. The first kappa shape index (κ1) is 15.6. The number of benzene rings is 2. The lowest BCUT2D eigenvalue weighted by Crippen LogP contribution is -2.48. The number of hydrogen-bond donors (Lipinski definition) is 1. The van der Waals surface area contributed by atoms with E-state index in [0.29, 0.717) is 22.7 Å². The van der Waals surface area contributed by atoms with Gasteiger partial charge in [-0.3, -0.25) is 4.79 Å². The normalized spacial score (nSPS) is 19.7. The van der Waals surface area contributed by atoms with Crippen LogP contribution >= 0.6 is 11.6 Å². The van der Waals surface area contributed by atoms with Crippen molar-refractivity contribution in [2.75, 3.05) is 5.32 Å². The maximum Gasteiger partial charge on any atom is 0.339 e. The lowest BCUT2D eigenvalue weighted by Gasteiger charge is -2.33. The molecule has 1 aliphatic rings. The van der Waals surface area contributed by atoms with Crippen LogP contribution in [0, 0.1) is 6.92 Å². The number of amides is 1. The summed E-state index contributed by atoms with van der Waals surface area (Å²) in [6, 6.07) is 12.3. The molecule has 1 amide bonds. The molecule has 1 heterocycles. The van der Waals surface area contributed by atoms with Crippen LogP contribution in [-0.4, -0.2) is 17.5 Å². The molecule has 1 aliphatic heterocycles. The molecule has 0 saturated carbocycles. The third kappa shape index (κ3) is 3.08. The van der Waals surface area contributed by atoms with Gasteiger partial charge in [0.25, 0.3) is 5.91 Å². The number of halogens is 1. The highest BCUT2D eigenvalue weighted by atomic mass is 35.5. The molecule has 0 aliphatic carbocycles. The van der Waals surface area contributed by atoms with E-state index in [2.05, 4.69) is 5.32 Å². The Hall–Kier alpha value is -2.33. The van der Waals surface area contributed by atoms with E-state index >= 15 is 0 Å². The van der Waals surface area contributed by atoms with E-state index in [1.54, 1.807) is 37.3 Å². The number of aryl methyl sites for hydroxylation is 1. The maximum absolute atomic E-state index is 12.6. The van der Waals surface area contributed by atoms with Crippen molar-refractivity contribution in [3.63, 3.8) is 0 Å². The van der Waals surface area contributed by atoms with Gasteiger partial charge in [-0.25, -0.2) is 4.79 Å². The molecule has 4 nitrogen and oxygen atoms in total. The molecule has 1 atom stereocenters. The lowest BCUT2D eigenvalue weighted by atomic mass is 9.88. The number of carbonyl (C=O) groups is 2. The fourth-order valence-corrected chi connectivity index (χ4v) is 2.78. The summed E-state index contributed by atoms with van der Waals surface area (Å²) in [6.45, 7) is 3.58. The molecule has 0 spiro atoms. The quantitative estimate of drug-likeness (QED) is 0.853. The van der Waals surface area contributed by atoms with Gasteiger partial charge in [0, 0.05) is 17.1 Å². The van der Waals surface area contributed by atoms with Gasteiger partial charge >= 0.3 is 5.97 Å². The first-order chi connectivity index (χ1) is 10.9. The highest BCUT2D eigenvalue weighted by Crippen LogP contribution is 2.30. The van der Waals surface area contributed by atoms with Gasteiger partial charge in [0.2, 0.25) is 0 Å². The number of hydrogen-bond acceptors (Lipinski definition) is 3. The molecular formula is C18H16ClNO3. The van der Waals surface area contributed by atoms with Crippen molar-refractivity contribution >= 4 is 29.2 Å². The third-order valence-electron chi connectivity index (χ3n) is 3.91. The van der Waals surface area contributed by atoms with Gasteiger partial charge in [0.1, 0.15) is 0 Å². The van der Waals surface area contributed by atoms with Crippen molar-refractivity contribution in [2.45, 2.75) is 25.9 Å². The summed E-state index contributed by atoms with van der Waals surface area (Å²) in [5.41, 5.74) is 1.75. The summed E-state index contributed by atoms with van der Waals surface area (Å²) in [6.07, 6.45) is 0.342. The Morgan fingerprint density at radius 1 is 1.22 bits per heavy atom. The first-order valence-corrected chi connectivity index (χ1v) is 7.65. The van der Waals surface area contributed by atoms with Crippen LogP contribution < -0.4 is 5.32 Å². The van der Waals surface area contributed by atoms with E-state index in [9.17, 15) is 9.59 Å². The monoisotopic (exact) mass is 329 g/mol. The molecule has 0 saturated heterocycles. The highest BCUT2D eigenvalue weighted by Gasteiger charge is 2.42. The zero-order valence-electron chi connectivity index (χ0n) is 12.9. The van der Waals surface area contributed by atoms with E-state index in [0.717, 1.165) is 11.1 Å². The largest absolute Gasteiger partial charge is 0.445 e. The molecule has 3 rings (SSSR count). The fraction of sp³-hybridized carbons (Fsp3) is 0.222. The van der Waals surface area contributed by atoms with Crippen LogP contribution in [0.3, 0.4) is 0 Å². The molecule has 5 heteroatoms. The predicted octanol–water partition coefficient (Wildman–Crippen LogP) is 3.76. The second kappa shape index (κ2) is 5.70. The molecule has 1 N–H and O–H groups in total. The zero-order valence-corrected chi connectivity index (χ0v) is 13.6. The summed E-state index contributed by atoms with van der Waals surface area (Å²) in [4.78, 5) is 24.8. The molecular weight excluding hydrogens is 314 g/mol. The van der Waals surface area contributed by atoms with Crippen LogP contribution in [-0.2, 0) is 16.0 Å². The smallest absolute Gasteiger partial charge is 0.339 e. The maximum atomic E-state index is 12.6. The molecule has 0 fully saturated rings. The summed E-state index contributed by atoms with van der Waals surface area (Å²) in [7, 11) is 0. The SMILES string of the molecule is Cc1ccc2c(c1)CC(C)(C(=O)Nc1ccc(Cl)cc1)OC2=O. The number of fused-ring (bicyclic) bond motifs is 1. The Labute approximate surface area is 139 Å². The first-order valence-electron chi connectivity index (χ1n) is 7.27. The van der Waals surface area contributed by atoms with Crippen molar-refractivity contribution in [3.8, 4) is 0 Å². The Bertz CT molecular complexity index is 785. The van der Waals surface area contributed by atoms with Gasteiger partial charge in [-0.05, 0) is 49.7 Å². The van der Waals surface area contributed by atoms with Gasteiger partial charge in [-0.1, -0.05) is 29.3 Å². The van der Waals surface area contributed by atoms with Gasteiger partial charge in [-0.2, -0.15) is 0 Å². The van der Waals surface area contributed by atoms with Crippen molar-refractivity contribution in [1.29, 1.82) is 0 Å². The number of esters is 1. The van der Waals surface area contributed by atoms with E-state index in [1.165, 1.54) is 0 Å². The number of anilines is 1. The second-order valence-corrected chi connectivity index (χ2v) is 6.36.